The fourth-order valence-corrected chi connectivity index (χ4v) is 1.46. The first-order valence-corrected chi connectivity index (χ1v) is 5.34. The van der Waals surface area contributed by atoms with Crippen molar-refractivity contribution < 1.29 is 4.79 Å². The zero-order valence-corrected chi connectivity index (χ0v) is 9.53. The van der Waals surface area contributed by atoms with E-state index in [0.29, 0.717) is 6.54 Å². The number of amides is 1. The average molecular weight is 230 g/mol. The van der Waals surface area contributed by atoms with Gasteiger partial charge in [-0.1, -0.05) is 0 Å². The number of aromatic amines is 1. The predicted octanol–water partition coefficient (Wildman–Crippen LogP) is 1.98. The van der Waals surface area contributed by atoms with E-state index in [-0.39, 0.29) is 5.91 Å². The SMILES string of the molecule is CC(=O)Nc1ccc(NCc2ncc[nH]2)cc1. The number of nitrogens with one attached hydrogen (secondary N) is 3. The van der Waals surface area contributed by atoms with Crippen molar-refractivity contribution >= 4 is 17.3 Å². The second-order valence-corrected chi connectivity index (χ2v) is 3.65. The number of carbonyl (C=O) groups excluding carboxylic acids is 1. The normalized spacial score (nSPS) is 9.94. The zero-order valence-electron chi connectivity index (χ0n) is 9.53. The van der Waals surface area contributed by atoms with Crippen molar-refractivity contribution in [2.75, 3.05) is 10.6 Å². The van der Waals surface area contributed by atoms with Gasteiger partial charge in [-0.2, -0.15) is 0 Å². The lowest BCUT2D eigenvalue weighted by molar-refractivity contribution is -0.114. The molecule has 2 aromatic rings. The quantitative estimate of drug-likeness (QED) is 0.752. The maximum absolute atomic E-state index is 10.8. The Balaban J connectivity index is 1.91. The Bertz CT molecular complexity index is 476. The van der Waals surface area contributed by atoms with Crippen LogP contribution in [0.15, 0.2) is 36.7 Å². The molecule has 3 N–H and O–H groups in total. The second kappa shape index (κ2) is 5.16. The lowest BCUT2D eigenvalue weighted by atomic mass is 10.2. The van der Waals surface area contributed by atoms with Crippen molar-refractivity contribution in [1.29, 1.82) is 0 Å². The molecule has 1 aromatic heterocycles. The number of aromatic nitrogens is 2. The van der Waals surface area contributed by atoms with E-state index in [1.807, 2.05) is 24.3 Å². The standard InChI is InChI=1S/C12H14N4O/c1-9(17)16-11-4-2-10(3-5-11)15-8-12-13-6-7-14-12/h2-7,15H,8H2,1H3,(H,13,14)(H,16,17). The van der Waals surface area contributed by atoms with Gasteiger partial charge >= 0.3 is 0 Å². The molecule has 0 atom stereocenters. The molecule has 0 bridgehead atoms. The third kappa shape index (κ3) is 3.34. The first-order valence-electron chi connectivity index (χ1n) is 5.34. The lowest BCUT2D eigenvalue weighted by Gasteiger charge is -2.06. The van der Waals surface area contributed by atoms with Gasteiger partial charge in [-0.3, -0.25) is 4.79 Å². The van der Waals surface area contributed by atoms with E-state index in [9.17, 15) is 4.79 Å². The van der Waals surface area contributed by atoms with E-state index in [1.165, 1.54) is 6.92 Å². The molecule has 0 fully saturated rings. The molecule has 0 aliphatic heterocycles. The summed E-state index contributed by atoms with van der Waals surface area (Å²) < 4.78 is 0. The predicted molar refractivity (Wildman–Crippen MR) is 66.7 cm³/mol. The van der Waals surface area contributed by atoms with Crippen LogP contribution in [0.3, 0.4) is 0 Å². The van der Waals surface area contributed by atoms with Crippen molar-refractivity contribution in [3.63, 3.8) is 0 Å². The number of benzene rings is 1. The van der Waals surface area contributed by atoms with Gasteiger partial charge in [0.25, 0.3) is 0 Å². The summed E-state index contributed by atoms with van der Waals surface area (Å²) in [5, 5.41) is 5.94. The smallest absolute Gasteiger partial charge is 0.221 e. The zero-order chi connectivity index (χ0) is 12.1. The summed E-state index contributed by atoms with van der Waals surface area (Å²) in [6.07, 6.45) is 3.51. The Labute approximate surface area is 99.3 Å². The highest BCUT2D eigenvalue weighted by Gasteiger charge is 1.97. The fourth-order valence-electron chi connectivity index (χ4n) is 1.46. The molecule has 0 saturated carbocycles. The Morgan fingerprint density at radius 3 is 2.59 bits per heavy atom. The van der Waals surface area contributed by atoms with Crippen molar-refractivity contribution in [2.24, 2.45) is 0 Å². The third-order valence-corrected chi connectivity index (χ3v) is 2.22. The van der Waals surface area contributed by atoms with E-state index < -0.39 is 0 Å². The molecule has 17 heavy (non-hydrogen) atoms. The molecule has 5 heteroatoms. The molecule has 1 amide bonds. The summed E-state index contributed by atoms with van der Waals surface area (Å²) >= 11 is 0. The first-order chi connectivity index (χ1) is 8.24. The van der Waals surface area contributed by atoms with Crippen LogP contribution in [0.5, 0.6) is 0 Å². The molecule has 0 unspecified atom stereocenters. The number of rotatable bonds is 4. The van der Waals surface area contributed by atoms with Crippen LogP contribution < -0.4 is 10.6 Å². The lowest BCUT2D eigenvalue weighted by Crippen LogP contribution is -2.06. The van der Waals surface area contributed by atoms with Gasteiger partial charge in [0.1, 0.15) is 5.82 Å². The molecule has 5 nitrogen and oxygen atoms in total. The van der Waals surface area contributed by atoms with Crippen LogP contribution in [0.4, 0.5) is 11.4 Å². The highest BCUT2D eigenvalue weighted by molar-refractivity contribution is 5.88. The molecular weight excluding hydrogens is 216 g/mol. The van der Waals surface area contributed by atoms with Gasteiger partial charge in [0, 0.05) is 30.7 Å². The monoisotopic (exact) mass is 230 g/mol. The number of H-pyrrole nitrogens is 1. The largest absolute Gasteiger partial charge is 0.378 e. The third-order valence-electron chi connectivity index (χ3n) is 2.22. The van der Waals surface area contributed by atoms with Gasteiger partial charge in [0.15, 0.2) is 0 Å². The highest BCUT2D eigenvalue weighted by Crippen LogP contribution is 2.13. The molecule has 1 aromatic carbocycles. The van der Waals surface area contributed by atoms with Crippen LogP contribution in [0.1, 0.15) is 12.7 Å². The molecule has 0 aliphatic rings. The number of nitrogens with zero attached hydrogens (tertiary/aromatic N) is 1. The van der Waals surface area contributed by atoms with Crippen LogP contribution in [0, 0.1) is 0 Å². The average Bonchev–Trinajstić information content (AvgIpc) is 2.80. The Hall–Kier alpha value is -2.30. The number of anilines is 2. The number of hydrogen-bond donors (Lipinski definition) is 3. The molecule has 0 radical (unpaired) electrons. The highest BCUT2D eigenvalue weighted by atomic mass is 16.1. The van der Waals surface area contributed by atoms with Crippen molar-refractivity contribution in [3.8, 4) is 0 Å². The molecule has 0 spiro atoms. The van der Waals surface area contributed by atoms with Gasteiger partial charge < -0.3 is 15.6 Å². The molecule has 88 valence electrons. The number of imidazole rings is 1. The van der Waals surface area contributed by atoms with Crippen LogP contribution in [-0.2, 0) is 11.3 Å². The molecule has 1 heterocycles. The van der Waals surface area contributed by atoms with E-state index in [2.05, 4.69) is 20.6 Å². The van der Waals surface area contributed by atoms with Crippen molar-refractivity contribution in [3.05, 3.63) is 42.5 Å². The van der Waals surface area contributed by atoms with Gasteiger partial charge in [-0.15, -0.1) is 0 Å². The first kappa shape index (κ1) is 11.2. The van der Waals surface area contributed by atoms with Crippen LogP contribution in [0.25, 0.3) is 0 Å². The minimum atomic E-state index is -0.0682. The summed E-state index contributed by atoms with van der Waals surface area (Å²) in [4.78, 5) is 18.0. The van der Waals surface area contributed by atoms with Crippen molar-refractivity contribution in [2.45, 2.75) is 13.5 Å². The molecule has 2 rings (SSSR count). The van der Waals surface area contributed by atoms with Crippen LogP contribution >= 0.6 is 0 Å². The summed E-state index contributed by atoms with van der Waals surface area (Å²) in [6.45, 7) is 2.13. The van der Waals surface area contributed by atoms with E-state index in [0.717, 1.165) is 17.2 Å². The number of hydrogen-bond acceptors (Lipinski definition) is 3. The molecule has 0 saturated heterocycles. The minimum absolute atomic E-state index is 0.0682. The molecular formula is C12H14N4O. The second-order valence-electron chi connectivity index (χ2n) is 3.65. The maximum atomic E-state index is 10.8. The summed E-state index contributed by atoms with van der Waals surface area (Å²) in [7, 11) is 0. The maximum Gasteiger partial charge on any atom is 0.221 e. The van der Waals surface area contributed by atoms with Crippen molar-refractivity contribution in [1.82, 2.24) is 9.97 Å². The summed E-state index contributed by atoms with van der Waals surface area (Å²) in [5.74, 6) is 0.817. The van der Waals surface area contributed by atoms with Gasteiger partial charge in [0.05, 0.1) is 6.54 Å². The summed E-state index contributed by atoms with van der Waals surface area (Å²) in [6, 6.07) is 7.53. The number of carbonyl (C=O) groups is 1. The topological polar surface area (TPSA) is 69.8 Å². The Kier molecular flexibility index (Phi) is 3.40. The van der Waals surface area contributed by atoms with Gasteiger partial charge in [-0.05, 0) is 24.3 Å². The van der Waals surface area contributed by atoms with Crippen LogP contribution in [0.2, 0.25) is 0 Å². The Morgan fingerprint density at radius 1 is 1.29 bits per heavy atom. The van der Waals surface area contributed by atoms with E-state index in [4.69, 9.17) is 0 Å². The molecule has 0 aliphatic carbocycles. The van der Waals surface area contributed by atoms with Gasteiger partial charge in [-0.25, -0.2) is 4.98 Å². The Morgan fingerprint density at radius 2 is 2.00 bits per heavy atom. The fraction of sp³-hybridized carbons (Fsp3) is 0.167. The van der Waals surface area contributed by atoms with E-state index in [1.54, 1.807) is 12.4 Å². The van der Waals surface area contributed by atoms with Crippen LogP contribution in [-0.4, -0.2) is 15.9 Å². The van der Waals surface area contributed by atoms with Gasteiger partial charge in [0.2, 0.25) is 5.91 Å². The van der Waals surface area contributed by atoms with E-state index >= 15 is 0 Å². The minimum Gasteiger partial charge on any atom is -0.378 e. The summed E-state index contributed by atoms with van der Waals surface area (Å²) in [5.41, 5.74) is 1.77.